The average molecular weight is 315 g/mol. The molecule has 122 valence electrons. The summed E-state index contributed by atoms with van der Waals surface area (Å²) in [5.41, 5.74) is 2.54. The molecule has 0 heterocycles. The number of rotatable bonds is 6. The topological polar surface area (TPSA) is 78.8 Å². The summed E-state index contributed by atoms with van der Waals surface area (Å²) in [7, 11) is 0. The highest BCUT2D eigenvalue weighted by Gasteiger charge is 2.16. The summed E-state index contributed by atoms with van der Waals surface area (Å²) in [6, 6.07) is 13.9. The van der Waals surface area contributed by atoms with E-state index in [0.29, 0.717) is 18.5 Å². The molecule has 5 heteroatoms. The zero-order valence-electron chi connectivity index (χ0n) is 13.0. The standard InChI is InChI=1S/C18H21NO4/c1-13-4-8-15(9-5-13)19-18(22)23-17(3-2-12-20)14-6-10-16(21)11-7-14/h4-11,17,20-21H,2-3,12H2,1H3,(H,19,22)/t17-/m0/s1. The van der Waals surface area contributed by atoms with Crippen molar-refractivity contribution in [2.24, 2.45) is 0 Å². The van der Waals surface area contributed by atoms with Crippen molar-refractivity contribution in [3.05, 3.63) is 59.7 Å². The number of amides is 1. The van der Waals surface area contributed by atoms with Crippen molar-refractivity contribution >= 4 is 11.8 Å². The number of hydrogen-bond donors (Lipinski definition) is 3. The maximum atomic E-state index is 12.1. The van der Waals surface area contributed by atoms with Gasteiger partial charge in [0.15, 0.2) is 0 Å². The third kappa shape index (κ3) is 5.30. The van der Waals surface area contributed by atoms with Crippen LogP contribution in [0.25, 0.3) is 0 Å². The van der Waals surface area contributed by atoms with E-state index in [1.165, 1.54) is 0 Å². The fourth-order valence-electron chi connectivity index (χ4n) is 2.17. The van der Waals surface area contributed by atoms with E-state index in [4.69, 9.17) is 9.84 Å². The second-order valence-corrected chi connectivity index (χ2v) is 5.34. The molecule has 0 aromatic heterocycles. The van der Waals surface area contributed by atoms with E-state index in [1.807, 2.05) is 19.1 Å². The van der Waals surface area contributed by atoms with Gasteiger partial charge in [-0.3, -0.25) is 5.32 Å². The summed E-state index contributed by atoms with van der Waals surface area (Å²) >= 11 is 0. The average Bonchev–Trinajstić information content (AvgIpc) is 2.54. The molecule has 3 N–H and O–H groups in total. The van der Waals surface area contributed by atoms with Crippen LogP contribution in [0.1, 0.15) is 30.1 Å². The van der Waals surface area contributed by atoms with Crippen molar-refractivity contribution in [3.8, 4) is 5.75 Å². The highest BCUT2D eigenvalue weighted by molar-refractivity contribution is 5.84. The van der Waals surface area contributed by atoms with Crippen molar-refractivity contribution in [2.75, 3.05) is 11.9 Å². The number of aliphatic hydroxyl groups is 1. The summed E-state index contributed by atoms with van der Waals surface area (Å²) in [6.45, 7) is 2.00. The Bertz CT molecular complexity index is 622. The number of hydrogen-bond acceptors (Lipinski definition) is 4. The summed E-state index contributed by atoms with van der Waals surface area (Å²) in [5.74, 6) is 0.152. The molecule has 0 saturated heterocycles. The number of carbonyl (C=O) groups is 1. The number of ether oxygens (including phenoxy) is 1. The molecule has 2 aromatic rings. The Morgan fingerprint density at radius 2 is 1.78 bits per heavy atom. The lowest BCUT2D eigenvalue weighted by Crippen LogP contribution is -2.18. The molecule has 0 radical (unpaired) electrons. The van der Waals surface area contributed by atoms with Gasteiger partial charge in [-0.2, -0.15) is 0 Å². The molecule has 0 aliphatic carbocycles. The highest BCUT2D eigenvalue weighted by Crippen LogP contribution is 2.25. The van der Waals surface area contributed by atoms with Crippen LogP contribution in [0, 0.1) is 6.92 Å². The number of phenolic OH excluding ortho intramolecular Hbond substituents is 1. The first kappa shape index (κ1) is 16.8. The number of benzene rings is 2. The number of aryl methyl sites for hydroxylation is 1. The SMILES string of the molecule is Cc1ccc(NC(=O)O[C@@H](CCCO)c2ccc(O)cc2)cc1. The summed E-state index contributed by atoms with van der Waals surface area (Å²) in [5, 5.41) is 21.0. The largest absolute Gasteiger partial charge is 0.508 e. The smallest absolute Gasteiger partial charge is 0.412 e. The quantitative estimate of drug-likeness (QED) is 0.758. The van der Waals surface area contributed by atoms with Gasteiger partial charge >= 0.3 is 6.09 Å². The minimum absolute atomic E-state index is 0.0253. The predicted octanol–water partition coefficient (Wildman–Crippen LogP) is 3.76. The fourth-order valence-corrected chi connectivity index (χ4v) is 2.17. The molecule has 0 saturated carbocycles. The van der Waals surface area contributed by atoms with Gasteiger partial charge in [0.2, 0.25) is 0 Å². The Morgan fingerprint density at radius 1 is 1.13 bits per heavy atom. The summed E-state index contributed by atoms with van der Waals surface area (Å²) < 4.78 is 5.47. The van der Waals surface area contributed by atoms with Gasteiger partial charge in [-0.05, 0) is 49.6 Å². The van der Waals surface area contributed by atoms with Crippen molar-refractivity contribution in [1.29, 1.82) is 0 Å². The van der Waals surface area contributed by atoms with Crippen LogP contribution in [0.15, 0.2) is 48.5 Å². The van der Waals surface area contributed by atoms with E-state index in [9.17, 15) is 9.90 Å². The van der Waals surface area contributed by atoms with Crippen LogP contribution >= 0.6 is 0 Å². The molecule has 2 aromatic carbocycles. The highest BCUT2D eigenvalue weighted by atomic mass is 16.6. The first-order valence-electron chi connectivity index (χ1n) is 7.52. The zero-order valence-corrected chi connectivity index (χ0v) is 13.0. The number of phenols is 1. The fraction of sp³-hybridized carbons (Fsp3) is 0.278. The van der Waals surface area contributed by atoms with Gasteiger partial charge in [-0.25, -0.2) is 4.79 Å². The van der Waals surface area contributed by atoms with Gasteiger partial charge in [0.1, 0.15) is 11.9 Å². The van der Waals surface area contributed by atoms with Crippen molar-refractivity contribution in [1.82, 2.24) is 0 Å². The maximum Gasteiger partial charge on any atom is 0.412 e. The lowest BCUT2D eigenvalue weighted by molar-refractivity contribution is 0.0995. The molecule has 5 nitrogen and oxygen atoms in total. The second-order valence-electron chi connectivity index (χ2n) is 5.34. The van der Waals surface area contributed by atoms with Crippen LogP contribution in [-0.4, -0.2) is 22.9 Å². The molecule has 0 aliphatic heterocycles. The van der Waals surface area contributed by atoms with Gasteiger partial charge < -0.3 is 14.9 Å². The number of aromatic hydroxyl groups is 1. The van der Waals surface area contributed by atoms with Gasteiger partial charge in [-0.15, -0.1) is 0 Å². The molecule has 0 spiro atoms. The van der Waals surface area contributed by atoms with Gasteiger partial charge in [0, 0.05) is 12.3 Å². The Morgan fingerprint density at radius 3 is 2.39 bits per heavy atom. The number of aliphatic hydroxyl groups excluding tert-OH is 1. The normalized spacial score (nSPS) is 11.7. The van der Waals surface area contributed by atoms with Crippen molar-refractivity contribution in [3.63, 3.8) is 0 Å². The van der Waals surface area contributed by atoms with E-state index >= 15 is 0 Å². The van der Waals surface area contributed by atoms with E-state index < -0.39 is 12.2 Å². The molecule has 1 atom stereocenters. The molecular formula is C18H21NO4. The third-order valence-corrected chi connectivity index (χ3v) is 3.44. The van der Waals surface area contributed by atoms with E-state index in [-0.39, 0.29) is 12.4 Å². The van der Waals surface area contributed by atoms with E-state index in [0.717, 1.165) is 11.1 Å². The first-order chi connectivity index (χ1) is 11.1. The summed E-state index contributed by atoms with van der Waals surface area (Å²) in [6.07, 6.45) is -0.00978. The van der Waals surface area contributed by atoms with Crippen LogP contribution in [0.3, 0.4) is 0 Å². The molecule has 0 unspecified atom stereocenters. The minimum Gasteiger partial charge on any atom is -0.508 e. The third-order valence-electron chi connectivity index (χ3n) is 3.44. The van der Waals surface area contributed by atoms with E-state index in [1.54, 1.807) is 36.4 Å². The van der Waals surface area contributed by atoms with Crippen LogP contribution in [0.5, 0.6) is 5.75 Å². The molecule has 1 amide bonds. The van der Waals surface area contributed by atoms with Gasteiger partial charge in [0.25, 0.3) is 0 Å². The Kier molecular flexibility index (Phi) is 6.00. The van der Waals surface area contributed by atoms with Crippen LogP contribution in [-0.2, 0) is 4.74 Å². The Hall–Kier alpha value is -2.53. The van der Waals surface area contributed by atoms with Gasteiger partial charge in [0.05, 0.1) is 0 Å². The Labute approximate surface area is 135 Å². The van der Waals surface area contributed by atoms with Crippen molar-refractivity contribution < 1.29 is 19.7 Å². The second kappa shape index (κ2) is 8.19. The van der Waals surface area contributed by atoms with Crippen molar-refractivity contribution in [2.45, 2.75) is 25.9 Å². The maximum absolute atomic E-state index is 12.1. The number of carbonyl (C=O) groups excluding carboxylic acids is 1. The monoisotopic (exact) mass is 315 g/mol. The predicted molar refractivity (Wildman–Crippen MR) is 88.5 cm³/mol. The number of nitrogens with one attached hydrogen (secondary N) is 1. The lowest BCUT2D eigenvalue weighted by Gasteiger charge is -2.18. The molecule has 0 bridgehead atoms. The molecule has 23 heavy (non-hydrogen) atoms. The molecule has 0 aliphatic rings. The van der Waals surface area contributed by atoms with Crippen LogP contribution in [0.4, 0.5) is 10.5 Å². The van der Waals surface area contributed by atoms with E-state index in [2.05, 4.69) is 5.32 Å². The Balaban J connectivity index is 2.02. The first-order valence-corrected chi connectivity index (χ1v) is 7.52. The summed E-state index contributed by atoms with van der Waals surface area (Å²) in [4.78, 5) is 12.1. The molecular weight excluding hydrogens is 294 g/mol. The molecule has 2 rings (SSSR count). The van der Waals surface area contributed by atoms with Crippen LogP contribution < -0.4 is 5.32 Å². The zero-order chi connectivity index (χ0) is 16.7. The number of anilines is 1. The molecule has 0 fully saturated rings. The minimum atomic E-state index is -0.551. The van der Waals surface area contributed by atoms with Gasteiger partial charge in [-0.1, -0.05) is 29.8 Å². The lowest BCUT2D eigenvalue weighted by atomic mass is 10.0. The van der Waals surface area contributed by atoms with Crippen LogP contribution in [0.2, 0.25) is 0 Å².